The van der Waals surface area contributed by atoms with Gasteiger partial charge in [0.15, 0.2) is 0 Å². The largest absolute Gasteiger partial charge is 0.259 e. The first-order valence-electron chi connectivity index (χ1n) is 2.34. The van der Waals surface area contributed by atoms with Crippen molar-refractivity contribution in [3.8, 4) is 0 Å². The Morgan fingerprint density at radius 2 is 2.14 bits per heavy atom. The fraction of sp³-hybridized carbons (Fsp3) is 1.00. The van der Waals surface area contributed by atoms with Crippen molar-refractivity contribution in [1.82, 2.24) is 10.4 Å². The Bertz CT molecular complexity index is 47.0. The molecule has 0 fully saturated rings. The van der Waals surface area contributed by atoms with Gasteiger partial charge in [0.25, 0.3) is 0 Å². The van der Waals surface area contributed by atoms with E-state index in [1.165, 1.54) is 0 Å². The van der Waals surface area contributed by atoms with E-state index in [0.717, 1.165) is 0 Å². The van der Waals surface area contributed by atoms with Gasteiger partial charge in [-0.05, 0) is 13.0 Å². The van der Waals surface area contributed by atoms with Gasteiger partial charge >= 0.3 is 0 Å². The molecule has 0 saturated heterocycles. The number of nitrogens with zero attached hydrogens (tertiary/aromatic N) is 1. The zero-order chi connectivity index (χ0) is 5.86. The Kier molecular flexibility index (Phi) is 3.04. The lowest BCUT2D eigenvalue weighted by Crippen LogP contribution is -2.38. The second-order valence-electron chi connectivity index (χ2n) is 1.58. The Hall–Kier alpha value is -0.0151. The molecule has 0 aliphatic carbocycles. The summed E-state index contributed by atoms with van der Waals surface area (Å²) in [6, 6.07) is 0. The number of hydrogen-bond acceptors (Lipinski definition) is 2. The molecule has 0 bridgehead atoms. The van der Waals surface area contributed by atoms with Crippen molar-refractivity contribution in [2.75, 3.05) is 14.1 Å². The summed E-state index contributed by atoms with van der Waals surface area (Å²) in [4.78, 5) is 0. The third-order valence-electron chi connectivity index (χ3n) is 0.964. The molecule has 0 aromatic heterocycles. The van der Waals surface area contributed by atoms with Crippen molar-refractivity contribution < 1.29 is 0 Å². The summed E-state index contributed by atoms with van der Waals surface area (Å²) >= 11 is 0. The van der Waals surface area contributed by atoms with Gasteiger partial charge in [-0.15, -0.1) is 0 Å². The van der Waals surface area contributed by atoms with Crippen LogP contribution >= 0.6 is 0 Å². The van der Waals surface area contributed by atoms with Crippen molar-refractivity contribution >= 4 is 7.85 Å². The van der Waals surface area contributed by atoms with E-state index in [1.807, 2.05) is 26.0 Å². The Labute approximate surface area is 46.3 Å². The van der Waals surface area contributed by atoms with Gasteiger partial charge in [0.1, 0.15) is 0 Å². The lowest BCUT2D eigenvalue weighted by Gasteiger charge is -2.18. The van der Waals surface area contributed by atoms with E-state index < -0.39 is 0 Å². The average Bonchev–Trinajstić information content (AvgIpc) is 1.65. The Balaban J connectivity index is 3.14. The highest BCUT2D eigenvalue weighted by atomic mass is 15.5. The van der Waals surface area contributed by atoms with Crippen LogP contribution in [-0.4, -0.2) is 32.9 Å². The summed E-state index contributed by atoms with van der Waals surface area (Å²) < 4.78 is 0. The molecule has 1 atom stereocenters. The predicted octanol–water partition coefficient (Wildman–Crippen LogP) is -0.433. The first-order valence-corrected chi connectivity index (χ1v) is 2.34. The highest BCUT2D eigenvalue weighted by Gasteiger charge is 1.95. The first-order chi connectivity index (χ1) is 3.18. The molecule has 0 aliphatic heterocycles. The molecule has 0 aliphatic rings. The van der Waals surface area contributed by atoms with E-state index in [0.29, 0.717) is 0 Å². The number of rotatable bonds is 2. The zero-order valence-electron chi connectivity index (χ0n) is 5.10. The van der Waals surface area contributed by atoms with Gasteiger partial charge < -0.3 is 0 Å². The fourth-order valence-electron chi connectivity index (χ4n) is 0.204. The van der Waals surface area contributed by atoms with E-state index in [9.17, 15) is 0 Å². The van der Waals surface area contributed by atoms with E-state index in [1.54, 1.807) is 0 Å². The zero-order valence-corrected chi connectivity index (χ0v) is 5.10. The van der Waals surface area contributed by atoms with Crippen LogP contribution in [-0.2, 0) is 0 Å². The maximum Gasteiger partial charge on any atom is 0.0926 e. The van der Waals surface area contributed by atoms with Gasteiger partial charge in [0.05, 0.1) is 7.85 Å². The van der Waals surface area contributed by atoms with Crippen LogP contribution in [0.3, 0.4) is 0 Å². The van der Waals surface area contributed by atoms with E-state index in [2.05, 4.69) is 5.43 Å². The molecule has 40 valence electrons. The van der Waals surface area contributed by atoms with Crippen LogP contribution in [0, 0.1) is 0 Å². The summed E-state index contributed by atoms with van der Waals surface area (Å²) in [5.41, 5.74) is 2.87. The van der Waals surface area contributed by atoms with Crippen LogP contribution in [0.25, 0.3) is 0 Å². The summed E-state index contributed by atoms with van der Waals surface area (Å²) in [6.07, 6.45) is 0. The minimum Gasteiger partial charge on any atom is -0.259 e. The SMILES string of the molecule is [B]C(C)N(C)NC. The molecule has 0 aromatic rings. The molecular formula is C4H11BN2. The van der Waals surface area contributed by atoms with Gasteiger partial charge in [0.2, 0.25) is 0 Å². The van der Waals surface area contributed by atoms with Gasteiger partial charge in [-0.25, -0.2) is 0 Å². The average molecular weight is 98.0 g/mol. The summed E-state index contributed by atoms with van der Waals surface area (Å²) in [5, 5.41) is 1.82. The highest BCUT2D eigenvalue weighted by molar-refractivity contribution is 6.11. The molecular weight excluding hydrogens is 86.9 g/mol. The highest BCUT2D eigenvalue weighted by Crippen LogP contribution is 1.78. The van der Waals surface area contributed by atoms with Crippen molar-refractivity contribution in [2.24, 2.45) is 0 Å². The second-order valence-corrected chi connectivity index (χ2v) is 1.58. The van der Waals surface area contributed by atoms with Crippen molar-refractivity contribution in [2.45, 2.75) is 12.9 Å². The molecule has 0 amide bonds. The quantitative estimate of drug-likeness (QED) is 0.372. The topological polar surface area (TPSA) is 15.3 Å². The molecule has 0 saturated carbocycles. The predicted molar refractivity (Wildman–Crippen MR) is 32.0 cm³/mol. The molecule has 0 aromatic carbocycles. The third-order valence-corrected chi connectivity index (χ3v) is 0.964. The minimum atomic E-state index is 0.0880. The van der Waals surface area contributed by atoms with Crippen LogP contribution in [0.1, 0.15) is 6.92 Å². The van der Waals surface area contributed by atoms with Gasteiger partial charge in [-0.1, -0.05) is 6.92 Å². The second kappa shape index (κ2) is 3.05. The molecule has 0 heterocycles. The summed E-state index contributed by atoms with van der Waals surface area (Å²) in [7, 11) is 9.14. The van der Waals surface area contributed by atoms with Crippen LogP contribution in [0.4, 0.5) is 0 Å². The molecule has 1 unspecified atom stereocenters. The van der Waals surface area contributed by atoms with Gasteiger partial charge in [-0.3, -0.25) is 10.4 Å². The molecule has 0 rings (SSSR count). The molecule has 7 heavy (non-hydrogen) atoms. The number of nitrogens with one attached hydrogen (secondary N) is 1. The summed E-state index contributed by atoms with van der Waals surface area (Å²) in [6.45, 7) is 1.91. The maximum absolute atomic E-state index is 5.41. The molecule has 3 heteroatoms. The van der Waals surface area contributed by atoms with E-state index >= 15 is 0 Å². The Morgan fingerprint density at radius 3 is 2.14 bits per heavy atom. The monoisotopic (exact) mass is 98.1 g/mol. The first kappa shape index (κ1) is 6.98. The number of hydrazine groups is 1. The fourth-order valence-corrected chi connectivity index (χ4v) is 0.204. The molecule has 2 nitrogen and oxygen atoms in total. The normalized spacial score (nSPS) is 14.9. The van der Waals surface area contributed by atoms with Crippen molar-refractivity contribution in [3.63, 3.8) is 0 Å². The Morgan fingerprint density at radius 1 is 1.71 bits per heavy atom. The van der Waals surface area contributed by atoms with Gasteiger partial charge in [-0.2, -0.15) is 0 Å². The standard InChI is InChI=1S/C4H11BN2/c1-4(5)7(3)6-2/h4,6H,1-3H3. The van der Waals surface area contributed by atoms with Crippen LogP contribution in [0.2, 0.25) is 0 Å². The maximum atomic E-state index is 5.41. The van der Waals surface area contributed by atoms with Crippen molar-refractivity contribution in [3.05, 3.63) is 0 Å². The molecule has 1 N–H and O–H groups in total. The van der Waals surface area contributed by atoms with Crippen LogP contribution in [0.15, 0.2) is 0 Å². The lowest BCUT2D eigenvalue weighted by atomic mass is 9.99. The molecule has 0 spiro atoms. The van der Waals surface area contributed by atoms with Gasteiger partial charge in [0, 0.05) is 7.05 Å². The minimum absolute atomic E-state index is 0.0880. The third kappa shape index (κ3) is 2.65. The van der Waals surface area contributed by atoms with E-state index in [4.69, 9.17) is 7.85 Å². The number of hydrogen-bond donors (Lipinski definition) is 1. The summed E-state index contributed by atoms with van der Waals surface area (Å²) in [5.74, 6) is 0.0880. The van der Waals surface area contributed by atoms with Crippen molar-refractivity contribution in [1.29, 1.82) is 0 Å². The molecule has 2 radical (unpaired) electrons. The lowest BCUT2D eigenvalue weighted by molar-refractivity contribution is 0.248. The smallest absolute Gasteiger partial charge is 0.0926 e. The van der Waals surface area contributed by atoms with Crippen LogP contribution in [0.5, 0.6) is 0 Å². The van der Waals surface area contributed by atoms with Crippen LogP contribution < -0.4 is 5.43 Å². The van der Waals surface area contributed by atoms with E-state index in [-0.39, 0.29) is 5.94 Å².